The van der Waals surface area contributed by atoms with Crippen molar-refractivity contribution in [3.05, 3.63) is 11.7 Å². The largest absolute Gasteiger partial charge is 0.339 e. The smallest absolute Gasteiger partial charge is 0.231 e. The predicted molar refractivity (Wildman–Crippen MR) is 53.0 cm³/mol. The van der Waals surface area contributed by atoms with E-state index in [9.17, 15) is 0 Å². The Morgan fingerprint density at radius 1 is 1.57 bits per heavy atom. The standard InChI is InChI=1S/C10H17N3O/c1-2-7(6-11)10-12-9(13-14-10)8-4-3-5-8/h7-8H,2-6,11H2,1H3. The second-order valence-corrected chi connectivity index (χ2v) is 3.96. The Balaban J connectivity index is 2.07. The number of hydrogen-bond acceptors (Lipinski definition) is 4. The first-order valence-electron chi connectivity index (χ1n) is 5.38. The second kappa shape index (κ2) is 4.09. The van der Waals surface area contributed by atoms with Crippen molar-refractivity contribution in [2.45, 2.75) is 44.4 Å². The van der Waals surface area contributed by atoms with E-state index in [0.717, 1.165) is 18.1 Å². The Kier molecular flexibility index (Phi) is 2.82. The Labute approximate surface area is 83.9 Å². The minimum atomic E-state index is 0.233. The molecular formula is C10H17N3O. The van der Waals surface area contributed by atoms with Crippen LogP contribution in [0.5, 0.6) is 0 Å². The van der Waals surface area contributed by atoms with Crippen LogP contribution in [0.15, 0.2) is 4.52 Å². The molecule has 0 aromatic carbocycles. The summed E-state index contributed by atoms with van der Waals surface area (Å²) < 4.78 is 5.22. The van der Waals surface area contributed by atoms with Crippen molar-refractivity contribution in [3.8, 4) is 0 Å². The van der Waals surface area contributed by atoms with Crippen LogP contribution in [-0.4, -0.2) is 16.7 Å². The van der Waals surface area contributed by atoms with Crippen molar-refractivity contribution >= 4 is 0 Å². The minimum Gasteiger partial charge on any atom is -0.339 e. The van der Waals surface area contributed by atoms with Gasteiger partial charge >= 0.3 is 0 Å². The van der Waals surface area contributed by atoms with E-state index in [2.05, 4.69) is 17.1 Å². The summed E-state index contributed by atoms with van der Waals surface area (Å²) in [5.41, 5.74) is 5.62. The molecule has 1 unspecified atom stereocenters. The summed E-state index contributed by atoms with van der Waals surface area (Å²) in [5.74, 6) is 2.38. The third-order valence-electron chi connectivity index (χ3n) is 3.05. The molecule has 1 saturated carbocycles. The summed E-state index contributed by atoms with van der Waals surface area (Å²) in [6.45, 7) is 2.67. The molecule has 1 heterocycles. The monoisotopic (exact) mass is 195 g/mol. The fraction of sp³-hybridized carbons (Fsp3) is 0.800. The zero-order valence-electron chi connectivity index (χ0n) is 8.57. The first-order valence-corrected chi connectivity index (χ1v) is 5.38. The van der Waals surface area contributed by atoms with Crippen molar-refractivity contribution in [1.29, 1.82) is 0 Å². The molecule has 0 bridgehead atoms. The van der Waals surface area contributed by atoms with Gasteiger partial charge in [0.05, 0.1) is 5.92 Å². The van der Waals surface area contributed by atoms with Crippen LogP contribution in [0, 0.1) is 0 Å². The van der Waals surface area contributed by atoms with Crippen molar-refractivity contribution in [1.82, 2.24) is 10.1 Å². The molecular weight excluding hydrogens is 178 g/mol. The fourth-order valence-electron chi connectivity index (χ4n) is 1.69. The summed E-state index contributed by atoms with van der Waals surface area (Å²) in [6.07, 6.45) is 4.67. The van der Waals surface area contributed by atoms with Crippen LogP contribution in [0.4, 0.5) is 0 Å². The van der Waals surface area contributed by atoms with E-state index in [1.165, 1.54) is 19.3 Å². The zero-order valence-corrected chi connectivity index (χ0v) is 8.57. The number of nitrogens with zero attached hydrogens (tertiary/aromatic N) is 2. The zero-order chi connectivity index (χ0) is 9.97. The van der Waals surface area contributed by atoms with Gasteiger partial charge in [0.1, 0.15) is 0 Å². The van der Waals surface area contributed by atoms with Crippen LogP contribution in [0.3, 0.4) is 0 Å². The van der Waals surface area contributed by atoms with Crippen LogP contribution < -0.4 is 5.73 Å². The fourth-order valence-corrected chi connectivity index (χ4v) is 1.69. The maximum Gasteiger partial charge on any atom is 0.231 e. The third-order valence-corrected chi connectivity index (χ3v) is 3.05. The van der Waals surface area contributed by atoms with E-state index in [4.69, 9.17) is 10.3 Å². The van der Waals surface area contributed by atoms with Gasteiger partial charge in [0, 0.05) is 12.5 Å². The molecule has 4 heteroatoms. The summed E-state index contributed by atoms with van der Waals surface area (Å²) in [5, 5.41) is 4.01. The highest BCUT2D eigenvalue weighted by Gasteiger charge is 2.26. The maximum atomic E-state index is 5.62. The molecule has 0 aliphatic heterocycles. The van der Waals surface area contributed by atoms with E-state index >= 15 is 0 Å². The SMILES string of the molecule is CCC(CN)c1nc(C2CCC2)no1. The quantitative estimate of drug-likeness (QED) is 0.795. The molecule has 0 radical (unpaired) electrons. The molecule has 78 valence electrons. The molecule has 14 heavy (non-hydrogen) atoms. The van der Waals surface area contributed by atoms with Crippen molar-refractivity contribution in [2.24, 2.45) is 5.73 Å². The predicted octanol–water partition coefficient (Wildman–Crippen LogP) is 1.79. The van der Waals surface area contributed by atoms with E-state index in [-0.39, 0.29) is 5.92 Å². The summed E-state index contributed by atoms with van der Waals surface area (Å²) in [7, 11) is 0. The molecule has 1 aliphatic rings. The average molecular weight is 195 g/mol. The van der Waals surface area contributed by atoms with E-state index < -0.39 is 0 Å². The van der Waals surface area contributed by atoms with Gasteiger partial charge in [-0.2, -0.15) is 4.98 Å². The lowest BCUT2D eigenvalue weighted by Gasteiger charge is -2.21. The molecule has 0 saturated heterocycles. The van der Waals surface area contributed by atoms with Gasteiger partial charge in [0.25, 0.3) is 0 Å². The molecule has 2 rings (SSSR count). The molecule has 1 atom stereocenters. The number of rotatable bonds is 4. The summed E-state index contributed by atoms with van der Waals surface area (Å²) in [6, 6.07) is 0. The molecule has 1 fully saturated rings. The Morgan fingerprint density at radius 2 is 2.36 bits per heavy atom. The highest BCUT2D eigenvalue weighted by atomic mass is 16.5. The number of aromatic nitrogens is 2. The Bertz CT molecular complexity index is 289. The average Bonchev–Trinajstić information content (AvgIpc) is 2.53. The maximum absolute atomic E-state index is 5.62. The highest BCUT2D eigenvalue weighted by molar-refractivity contribution is 5.02. The van der Waals surface area contributed by atoms with E-state index in [1.807, 2.05) is 0 Å². The molecule has 4 nitrogen and oxygen atoms in total. The lowest BCUT2D eigenvalue weighted by Crippen LogP contribution is -2.13. The van der Waals surface area contributed by atoms with Crippen molar-refractivity contribution in [3.63, 3.8) is 0 Å². The highest BCUT2D eigenvalue weighted by Crippen LogP contribution is 2.35. The van der Waals surface area contributed by atoms with Crippen LogP contribution in [-0.2, 0) is 0 Å². The normalized spacial score (nSPS) is 19.3. The van der Waals surface area contributed by atoms with Gasteiger partial charge < -0.3 is 10.3 Å². The molecule has 1 aromatic rings. The van der Waals surface area contributed by atoms with E-state index in [1.54, 1.807) is 0 Å². The van der Waals surface area contributed by atoms with E-state index in [0.29, 0.717) is 12.5 Å². The summed E-state index contributed by atoms with van der Waals surface area (Å²) >= 11 is 0. The van der Waals surface area contributed by atoms with Gasteiger partial charge in [0.15, 0.2) is 5.82 Å². The topological polar surface area (TPSA) is 64.9 Å². The lowest BCUT2D eigenvalue weighted by molar-refractivity contribution is 0.332. The van der Waals surface area contributed by atoms with Gasteiger partial charge in [-0.25, -0.2) is 0 Å². The molecule has 0 amide bonds. The van der Waals surface area contributed by atoms with Gasteiger partial charge in [0.2, 0.25) is 5.89 Å². The molecule has 1 aliphatic carbocycles. The molecule has 0 spiro atoms. The second-order valence-electron chi connectivity index (χ2n) is 3.96. The van der Waals surface area contributed by atoms with Crippen molar-refractivity contribution in [2.75, 3.05) is 6.54 Å². The number of nitrogens with two attached hydrogens (primary N) is 1. The van der Waals surface area contributed by atoms with Crippen LogP contribution in [0.2, 0.25) is 0 Å². The Morgan fingerprint density at radius 3 is 2.86 bits per heavy atom. The molecule has 1 aromatic heterocycles. The lowest BCUT2D eigenvalue weighted by atomic mass is 9.85. The number of hydrogen-bond donors (Lipinski definition) is 1. The van der Waals surface area contributed by atoms with Gasteiger partial charge in [-0.3, -0.25) is 0 Å². The molecule has 2 N–H and O–H groups in total. The van der Waals surface area contributed by atoms with Crippen LogP contribution in [0.1, 0.15) is 56.2 Å². The Hall–Kier alpha value is -0.900. The first kappa shape index (κ1) is 9.65. The van der Waals surface area contributed by atoms with Gasteiger partial charge in [-0.15, -0.1) is 0 Å². The van der Waals surface area contributed by atoms with Crippen LogP contribution >= 0.6 is 0 Å². The summed E-state index contributed by atoms with van der Waals surface area (Å²) in [4.78, 5) is 4.42. The first-order chi connectivity index (χ1) is 6.85. The van der Waals surface area contributed by atoms with Gasteiger partial charge in [-0.1, -0.05) is 18.5 Å². The van der Waals surface area contributed by atoms with Gasteiger partial charge in [-0.05, 0) is 19.3 Å². The van der Waals surface area contributed by atoms with Crippen LogP contribution in [0.25, 0.3) is 0 Å². The van der Waals surface area contributed by atoms with Crippen molar-refractivity contribution < 1.29 is 4.52 Å². The minimum absolute atomic E-state index is 0.233. The third kappa shape index (κ3) is 1.66.